The van der Waals surface area contributed by atoms with Gasteiger partial charge in [0.2, 0.25) is 5.82 Å². The first-order valence-corrected chi connectivity index (χ1v) is 8.20. The zero-order valence-electron chi connectivity index (χ0n) is 13.1. The summed E-state index contributed by atoms with van der Waals surface area (Å²) in [4.78, 5) is 0. The van der Waals surface area contributed by atoms with Crippen LogP contribution in [-0.4, -0.2) is 13.2 Å². The zero-order chi connectivity index (χ0) is 16.2. The Balaban J connectivity index is 1.55. The van der Waals surface area contributed by atoms with Gasteiger partial charge in [0.05, 0.1) is 13.2 Å². The average Bonchev–Trinajstić information content (AvgIpc) is 3.40. The standard InChI is InChI=1S/C19H22F2O2/c1-2-3-4-13-5-7-14(8-6-13)11-22-16-10-9-15(17-12-23-17)18(20)19(16)21/h2,5,7,9-10,13-14,17H,1,3-4,6,8,11-12H2. The van der Waals surface area contributed by atoms with Crippen molar-refractivity contribution in [2.24, 2.45) is 11.8 Å². The largest absolute Gasteiger partial charge is 0.490 e. The number of hydrogen-bond donors (Lipinski definition) is 0. The molecule has 0 radical (unpaired) electrons. The van der Waals surface area contributed by atoms with E-state index in [-0.39, 0.29) is 23.3 Å². The van der Waals surface area contributed by atoms with Crippen LogP contribution in [0.1, 0.15) is 37.4 Å². The topological polar surface area (TPSA) is 21.8 Å². The summed E-state index contributed by atoms with van der Waals surface area (Å²) in [5.74, 6) is -0.940. The van der Waals surface area contributed by atoms with Crippen LogP contribution in [-0.2, 0) is 4.74 Å². The van der Waals surface area contributed by atoms with Gasteiger partial charge in [0.1, 0.15) is 6.10 Å². The highest BCUT2D eigenvalue weighted by Gasteiger charge is 2.30. The van der Waals surface area contributed by atoms with Crippen molar-refractivity contribution in [1.29, 1.82) is 0 Å². The Morgan fingerprint density at radius 3 is 2.57 bits per heavy atom. The highest BCUT2D eigenvalue weighted by Crippen LogP contribution is 2.35. The van der Waals surface area contributed by atoms with Crippen LogP contribution in [0.3, 0.4) is 0 Å². The molecule has 2 aliphatic rings. The van der Waals surface area contributed by atoms with Gasteiger partial charge >= 0.3 is 0 Å². The molecular formula is C19H22F2O2. The van der Waals surface area contributed by atoms with E-state index in [1.54, 1.807) is 6.07 Å². The molecule has 1 fully saturated rings. The van der Waals surface area contributed by atoms with E-state index in [4.69, 9.17) is 9.47 Å². The summed E-state index contributed by atoms with van der Waals surface area (Å²) in [5, 5.41) is 0. The van der Waals surface area contributed by atoms with Crippen molar-refractivity contribution in [2.75, 3.05) is 13.2 Å². The van der Waals surface area contributed by atoms with E-state index in [0.29, 0.717) is 19.1 Å². The molecule has 3 unspecified atom stereocenters. The second-order valence-corrected chi connectivity index (χ2v) is 6.26. The van der Waals surface area contributed by atoms with E-state index >= 15 is 0 Å². The Hall–Kier alpha value is -1.68. The van der Waals surface area contributed by atoms with Gasteiger partial charge in [0.25, 0.3) is 0 Å². The van der Waals surface area contributed by atoms with Crippen LogP contribution in [0.25, 0.3) is 0 Å². The molecule has 0 N–H and O–H groups in total. The van der Waals surface area contributed by atoms with Crippen LogP contribution < -0.4 is 4.74 Å². The summed E-state index contributed by atoms with van der Waals surface area (Å²) in [6, 6.07) is 3.04. The third-order valence-electron chi connectivity index (χ3n) is 4.52. The van der Waals surface area contributed by atoms with Gasteiger partial charge in [-0.3, -0.25) is 0 Å². The molecule has 1 heterocycles. The van der Waals surface area contributed by atoms with E-state index < -0.39 is 11.6 Å². The van der Waals surface area contributed by atoms with Crippen LogP contribution >= 0.6 is 0 Å². The minimum atomic E-state index is -0.915. The lowest BCUT2D eigenvalue weighted by Gasteiger charge is -2.23. The monoisotopic (exact) mass is 320 g/mol. The predicted octanol–water partition coefficient (Wildman–Crippen LogP) is 4.96. The van der Waals surface area contributed by atoms with Crippen molar-refractivity contribution in [3.05, 3.63) is 54.1 Å². The number of halogens is 2. The van der Waals surface area contributed by atoms with Crippen molar-refractivity contribution in [1.82, 2.24) is 0 Å². The molecule has 124 valence electrons. The molecule has 3 atom stereocenters. The van der Waals surface area contributed by atoms with Crippen molar-refractivity contribution < 1.29 is 18.3 Å². The zero-order valence-corrected chi connectivity index (χ0v) is 13.1. The minimum absolute atomic E-state index is 0.0194. The molecule has 0 saturated carbocycles. The van der Waals surface area contributed by atoms with Gasteiger partial charge in [-0.25, -0.2) is 4.39 Å². The molecule has 1 aliphatic heterocycles. The predicted molar refractivity (Wildman–Crippen MR) is 85.3 cm³/mol. The van der Waals surface area contributed by atoms with E-state index in [9.17, 15) is 8.78 Å². The molecule has 0 bridgehead atoms. The number of benzene rings is 1. The third kappa shape index (κ3) is 3.99. The first-order chi connectivity index (χ1) is 11.2. The Bertz CT molecular complexity index is 593. The third-order valence-corrected chi connectivity index (χ3v) is 4.52. The summed E-state index contributed by atoms with van der Waals surface area (Å²) < 4.78 is 38.5. The molecule has 1 aliphatic carbocycles. The van der Waals surface area contributed by atoms with Crippen molar-refractivity contribution in [2.45, 2.75) is 31.8 Å². The Morgan fingerprint density at radius 2 is 1.91 bits per heavy atom. The van der Waals surface area contributed by atoms with Gasteiger partial charge in [0, 0.05) is 11.5 Å². The second-order valence-electron chi connectivity index (χ2n) is 6.26. The maximum absolute atomic E-state index is 14.0. The molecule has 1 saturated heterocycles. The van der Waals surface area contributed by atoms with Crippen LogP contribution in [0.5, 0.6) is 5.75 Å². The fourth-order valence-corrected chi connectivity index (χ4v) is 2.98. The SMILES string of the molecule is C=CCCC1C=CC(COc2ccc(C3CO3)c(F)c2F)CC1. The molecular weight excluding hydrogens is 298 g/mol. The van der Waals surface area contributed by atoms with E-state index in [1.165, 1.54) is 6.07 Å². The van der Waals surface area contributed by atoms with Crippen molar-refractivity contribution in [3.8, 4) is 5.75 Å². The molecule has 0 spiro atoms. The van der Waals surface area contributed by atoms with Crippen LogP contribution in [0.4, 0.5) is 8.78 Å². The maximum Gasteiger partial charge on any atom is 0.200 e. The summed E-state index contributed by atoms with van der Waals surface area (Å²) in [6.07, 6.45) is 10.3. The lowest BCUT2D eigenvalue weighted by atomic mass is 9.86. The smallest absolute Gasteiger partial charge is 0.200 e. The average molecular weight is 320 g/mol. The van der Waals surface area contributed by atoms with Gasteiger partial charge in [0.15, 0.2) is 11.6 Å². The molecule has 23 heavy (non-hydrogen) atoms. The number of hydrogen-bond acceptors (Lipinski definition) is 2. The summed E-state index contributed by atoms with van der Waals surface area (Å²) in [6.45, 7) is 4.57. The minimum Gasteiger partial charge on any atom is -0.490 e. The van der Waals surface area contributed by atoms with Crippen molar-refractivity contribution >= 4 is 0 Å². The lowest BCUT2D eigenvalue weighted by Crippen LogP contribution is -2.16. The summed E-state index contributed by atoms with van der Waals surface area (Å²) in [7, 11) is 0. The highest BCUT2D eigenvalue weighted by molar-refractivity contribution is 5.33. The quantitative estimate of drug-likeness (QED) is 0.523. The van der Waals surface area contributed by atoms with Gasteiger partial charge < -0.3 is 9.47 Å². The maximum atomic E-state index is 14.0. The number of allylic oxidation sites excluding steroid dienone is 2. The lowest BCUT2D eigenvalue weighted by molar-refractivity contribution is 0.241. The number of rotatable bonds is 7. The Kier molecular flexibility index (Phi) is 5.11. The van der Waals surface area contributed by atoms with E-state index in [0.717, 1.165) is 25.7 Å². The molecule has 4 heteroatoms. The number of epoxide rings is 1. The summed E-state index contributed by atoms with van der Waals surface area (Å²) in [5.41, 5.74) is 0.275. The first-order valence-electron chi connectivity index (χ1n) is 8.20. The number of ether oxygens (including phenoxy) is 2. The van der Waals surface area contributed by atoms with Crippen molar-refractivity contribution in [3.63, 3.8) is 0 Å². The molecule has 0 aromatic heterocycles. The normalized spacial score (nSPS) is 26.1. The van der Waals surface area contributed by atoms with Crippen LogP contribution in [0.15, 0.2) is 36.9 Å². The second kappa shape index (κ2) is 7.26. The molecule has 3 rings (SSSR count). The van der Waals surface area contributed by atoms with Gasteiger partial charge in [-0.05, 0) is 43.7 Å². The Morgan fingerprint density at radius 1 is 1.17 bits per heavy atom. The molecule has 1 aromatic rings. The Labute approximate surface area is 135 Å². The summed E-state index contributed by atoms with van der Waals surface area (Å²) >= 11 is 0. The van der Waals surface area contributed by atoms with Crippen LogP contribution in [0, 0.1) is 23.5 Å². The van der Waals surface area contributed by atoms with E-state index in [1.807, 2.05) is 6.08 Å². The van der Waals surface area contributed by atoms with Crippen LogP contribution in [0.2, 0.25) is 0 Å². The molecule has 0 amide bonds. The molecule has 1 aromatic carbocycles. The fourth-order valence-electron chi connectivity index (χ4n) is 2.98. The van der Waals surface area contributed by atoms with Gasteiger partial charge in [-0.15, -0.1) is 6.58 Å². The fraction of sp³-hybridized carbons (Fsp3) is 0.474. The molecule has 2 nitrogen and oxygen atoms in total. The van der Waals surface area contributed by atoms with Gasteiger partial charge in [-0.2, -0.15) is 4.39 Å². The first kappa shape index (κ1) is 16.2. The van der Waals surface area contributed by atoms with E-state index in [2.05, 4.69) is 18.7 Å². The highest BCUT2D eigenvalue weighted by atomic mass is 19.2. The van der Waals surface area contributed by atoms with Gasteiger partial charge in [-0.1, -0.05) is 18.2 Å².